The Bertz CT molecular complexity index is 1630. The van der Waals surface area contributed by atoms with E-state index in [4.69, 9.17) is 9.47 Å². The van der Waals surface area contributed by atoms with Crippen LogP contribution >= 0.6 is 0 Å². The number of hydrogen-bond donors (Lipinski definition) is 1. The fraction of sp³-hybridized carbons (Fsp3) is 0.219. The lowest BCUT2D eigenvalue weighted by molar-refractivity contribution is -0.138. The van der Waals surface area contributed by atoms with Crippen LogP contribution in [-0.4, -0.2) is 29.0 Å². The van der Waals surface area contributed by atoms with Crippen LogP contribution in [0.2, 0.25) is 0 Å². The lowest BCUT2D eigenvalue weighted by Crippen LogP contribution is -2.30. The monoisotopic (exact) mass is 541 g/mol. The summed E-state index contributed by atoms with van der Waals surface area (Å²) in [6, 6.07) is 20.3. The first-order valence-corrected chi connectivity index (χ1v) is 13.1. The summed E-state index contributed by atoms with van der Waals surface area (Å²) in [4.78, 5) is 40.3. The molecule has 0 aromatic heterocycles. The van der Waals surface area contributed by atoms with Crippen molar-refractivity contribution in [1.29, 1.82) is 0 Å². The summed E-state index contributed by atoms with van der Waals surface area (Å²) in [6.45, 7) is 5.45. The van der Waals surface area contributed by atoms with Gasteiger partial charge in [0, 0.05) is 10.8 Å². The van der Waals surface area contributed by atoms with E-state index in [9.17, 15) is 19.5 Å². The average Bonchev–Trinajstić information content (AvgIpc) is 3.18. The van der Waals surface area contributed by atoms with E-state index in [0.29, 0.717) is 10.8 Å². The molecule has 4 aromatic carbocycles. The zero-order chi connectivity index (χ0) is 28.6. The number of fused-ring (bicyclic) bond motifs is 2. The highest BCUT2D eigenvalue weighted by Crippen LogP contribution is 2.47. The summed E-state index contributed by atoms with van der Waals surface area (Å²) in [7, 11) is 0. The first-order valence-electron chi connectivity index (χ1n) is 13.1. The van der Waals surface area contributed by atoms with Crippen LogP contribution in [0.5, 0.6) is 11.5 Å². The molecule has 0 aliphatic carbocycles. The minimum absolute atomic E-state index is 0.000842. The van der Waals surface area contributed by atoms with Gasteiger partial charge in [0.15, 0.2) is 0 Å². The summed E-state index contributed by atoms with van der Waals surface area (Å²) >= 11 is 0. The SMILES string of the molecule is CCC(C(=O)O)c1ccc(N2C(=O)c3c(c(OC(C)C)c4ccccc4c3OCc3ccccc3)C2=O)c(F)c1. The molecular formula is C32H28FNO6. The van der Waals surface area contributed by atoms with Gasteiger partial charge in [-0.2, -0.15) is 0 Å². The predicted octanol–water partition coefficient (Wildman–Crippen LogP) is 6.72. The van der Waals surface area contributed by atoms with Crippen molar-refractivity contribution in [2.45, 2.75) is 45.8 Å². The van der Waals surface area contributed by atoms with Gasteiger partial charge in [0.25, 0.3) is 11.8 Å². The zero-order valence-electron chi connectivity index (χ0n) is 22.3. The van der Waals surface area contributed by atoms with E-state index in [1.807, 2.05) is 44.2 Å². The third-order valence-electron chi connectivity index (χ3n) is 6.86. The molecule has 2 amide bonds. The summed E-state index contributed by atoms with van der Waals surface area (Å²) in [6.07, 6.45) is -0.0651. The topological polar surface area (TPSA) is 93.1 Å². The molecule has 4 aromatic rings. The van der Waals surface area contributed by atoms with E-state index >= 15 is 4.39 Å². The molecule has 0 radical (unpaired) electrons. The molecule has 0 bridgehead atoms. The van der Waals surface area contributed by atoms with Gasteiger partial charge in [0.2, 0.25) is 0 Å². The Kier molecular flexibility index (Phi) is 7.26. The van der Waals surface area contributed by atoms with Crippen molar-refractivity contribution in [3.63, 3.8) is 0 Å². The highest BCUT2D eigenvalue weighted by molar-refractivity contribution is 6.38. The summed E-state index contributed by atoms with van der Waals surface area (Å²) in [5, 5.41) is 10.7. The molecule has 0 fully saturated rings. The highest BCUT2D eigenvalue weighted by atomic mass is 19.1. The van der Waals surface area contributed by atoms with Gasteiger partial charge in [-0.05, 0) is 43.5 Å². The van der Waals surface area contributed by atoms with Gasteiger partial charge in [-0.1, -0.05) is 67.6 Å². The number of hydrogen-bond acceptors (Lipinski definition) is 5. The van der Waals surface area contributed by atoms with Crippen LogP contribution in [-0.2, 0) is 11.4 Å². The Balaban J connectivity index is 1.68. The number of aliphatic carboxylic acids is 1. The Morgan fingerprint density at radius 2 is 1.50 bits per heavy atom. The molecule has 7 nitrogen and oxygen atoms in total. The summed E-state index contributed by atoms with van der Waals surface area (Å²) < 4.78 is 27.8. The van der Waals surface area contributed by atoms with Gasteiger partial charge < -0.3 is 14.6 Å². The lowest BCUT2D eigenvalue weighted by Gasteiger charge is -2.19. The fourth-order valence-electron chi connectivity index (χ4n) is 5.03. The molecule has 0 saturated heterocycles. The standard InChI is InChI=1S/C32H28FNO6/c1-4-21(32(37)38)20-14-15-25(24(33)16-20)34-30(35)26-27(31(34)36)29(40-18(2)3)23-13-9-8-12-22(23)28(26)39-17-19-10-6-5-7-11-19/h5-16,18,21H,4,17H2,1-3H3,(H,37,38). The number of halogens is 1. The van der Waals surface area contributed by atoms with Gasteiger partial charge >= 0.3 is 5.97 Å². The first kappa shape index (κ1) is 26.9. The molecule has 1 aliphatic heterocycles. The first-order chi connectivity index (χ1) is 19.2. The number of ether oxygens (including phenoxy) is 2. The molecule has 1 heterocycles. The lowest BCUT2D eigenvalue weighted by atomic mass is 9.96. The molecule has 1 unspecified atom stereocenters. The molecule has 40 heavy (non-hydrogen) atoms. The van der Waals surface area contributed by atoms with Crippen molar-refractivity contribution >= 4 is 34.2 Å². The Hall–Kier alpha value is -4.72. The molecule has 1 aliphatic rings. The van der Waals surface area contributed by atoms with Crippen LogP contribution in [0, 0.1) is 5.82 Å². The van der Waals surface area contributed by atoms with Crippen LogP contribution in [0.4, 0.5) is 10.1 Å². The Morgan fingerprint density at radius 3 is 2.08 bits per heavy atom. The summed E-state index contributed by atoms with van der Waals surface area (Å²) in [5.74, 6) is -3.95. The molecular weight excluding hydrogens is 513 g/mol. The Morgan fingerprint density at radius 1 is 0.900 bits per heavy atom. The number of rotatable bonds is 9. The van der Waals surface area contributed by atoms with Gasteiger partial charge in [0.1, 0.15) is 23.9 Å². The number of carbonyl (C=O) groups excluding carboxylic acids is 2. The molecule has 5 rings (SSSR count). The third-order valence-corrected chi connectivity index (χ3v) is 6.86. The minimum Gasteiger partial charge on any atom is -0.489 e. The van der Waals surface area contributed by atoms with E-state index in [1.54, 1.807) is 31.2 Å². The van der Waals surface area contributed by atoms with Crippen LogP contribution in [0.3, 0.4) is 0 Å². The van der Waals surface area contributed by atoms with E-state index in [-0.39, 0.29) is 53.0 Å². The average molecular weight is 542 g/mol. The van der Waals surface area contributed by atoms with Crippen LogP contribution in [0.15, 0.2) is 72.8 Å². The zero-order valence-corrected chi connectivity index (χ0v) is 22.3. The molecule has 1 atom stereocenters. The second-order valence-corrected chi connectivity index (χ2v) is 9.85. The number of benzene rings is 4. The van der Waals surface area contributed by atoms with Crippen LogP contribution < -0.4 is 14.4 Å². The maximum atomic E-state index is 15.5. The number of carboxylic acids is 1. The number of carbonyl (C=O) groups is 3. The van der Waals surface area contributed by atoms with E-state index < -0.39 is 29.5 Å². The van der Waals surface area contributed by atoms with Crippen LogP contribution in [0.25, 0.3) is 10.8 Å². The van der Waals surface area contributed by atoms with Crippen molar-refractivity contribution in [2.75, 3.05) is 4.90 Å². The smallest absolute Gasteiger partial charge is 0.310 e. The highest BCUT2D eigenvalue weighted by Gasteiger charge is 2.44. The van der Waals surface area contributed by atoms with E-state index in [0.717, 1.165) is 16.5 Å². The molecule has 0 saturated carbocycles. The quantitative estimate of drug-likeness (QED) is 0.236. The largest absolute Gasteiger partial charge is 0.489 e. The maximum absolute atomic E-state index is 15.5. The van der Waals surface area contributed by atoms with Gasteiger partial charge in [-0.3, -0.25) is 14.4 Å². The van der Waals surface area contributed by atoms with Crippen molar-refractivity contribution in [1.82, 2.24) is 0 Å². The van der Waals surface area contributed by atoms with Crippen molar-refractivity contribution in [2.24, 2.45) is 0 Å². The van der Waals surface area contributed by atoms with Crippen LogP contribution in [0.1, 0.15) is 65.0 Å². The maximum Gasteiger partial charge on any atom is 0.310 e. The molecule has 204 valence electrons. The number of anilines is 1. The number of nitrogens with zero attached hydrogens (tertiary/aromatic N) is 1. The molecule has 0 spiro atoms. The number of amides is 2. The second kappa shape index (κ2) is 10.8. The van der Waals surface area contributed by atoms with Gasteiger partial charge in [0.05, 0.1) is 28.8 Å². The van der Waals surface area contributed by atoms with Crippen molar-refractivity contribution < 1.29 is 33.4 Å². The predicted molar refractivity (Wildman–Crippen MR) is 149 cm³/mol. The number of carboxylic acid groups (broad SMARTS) is 1. The summed E-state index contributed by atoms with van der Waals surface area (Å²) in [5.41, 5.74) is 0.830. The molecule has 8 heteroatoms. The minimum atomic E-state index is -1.09. The Labute approximate surface area is 230 Å². The normalized spacial score (nSPS) is 13.6. The number of imide groups is 1. The molecule has 1 N–H and O–H groups in total. The van der Waals surface area contributed by atoms with Crippen molar-refractivity contribution in [3.05, 3.63) is 101 Å². The van der Waals surface area contributed by atoms with Gasteiger partial charge in [-0.25, -0.2) is 9.29 Å². The second-order valence-electron chi connectivity index (χ2n) is 9.85. The van der Waals surface area contributed by atoms with E-state index in [2.05, 4.69) is 0 Å². The third kappa shape index (κ3) is 4.66. The fourth-order valence-corrected chi connectivity index (χ4v) is 5.03. The van der Waals surface area contributed by atoms with Gasteiger partial charge in [-0.15, -0.1) is 0 Å². The van der Waals surface area contributed by atoms with Crippen molar-refractivity contribution in [3.8, 4) is 11.5 Å². The van der Waals surface area contributed by atoms with E-state index in [1.165, 1.54) is 12.1 Å².